The minimum absolute atomic E-state index is 0.0419. The summed E-state index contributed by atoms with van der Waals surface area (Å²) in [5.41, 5.74) is 7.43. The highest BCUT2D eigenvalue weighted by Crippen LogP contribution is 2.36. The van der Waals surface area contributed by atoms with Crippen molar-refractivity contribution < 1.29 is 38.7 Å². The summed E-state index contributed by atoms with van der Waals surface area (Å²) in [5, 5.41) is 20.2. The fraction of sp³-hybridized carbons (Fsp3) is 0.511. The van der Waals surface area contributed by atoms with Crippen LogP contribution in [-0.2, 0) is 44.7 Å². The second kappa shape index (κ2) is 22.6. The number of hydrogen-bond acceptors (Lipinski definition) is 8. The minimum atomic E-state index is -0.580. The van der Waals surface area contributed by atoms with Crippen LogP contribution in [-0.4, -0.2) is 68.2 Å². The maximum atomic E-state index is 12.0. The van der Waals surface area contributed by atoms with E-state index in [1.54, 1.807) is 6.92 Å². The molecule has 2 unspecified atom stereocenters. The number of aryl methyl sites for hydroxylation is 3. The molecule has 4 rings (SSSR count). The third-order valence-electron chi connectivity index (χ3n) is 10.4. The third kappa shape index (κ3) is 13.6. The van der Waals surface area contributed by atoms with E-state index in [1.165, 1.54) is 30.4 Å². The van der Waals surface area contributed by atoms with E-state index in [1.807, 2.05) is 19.1 Å². The van der Waals surface area contributed by atoms with Crippen LogP contribution in [0.2, 0.25) is 0 Å². The molecule has 0 bridgehead atoms. The monoisotopic (exact) mass is 756 g/mol. The van der Waals surface area contributed by atoms with Gasteiger partial charge in [0.1, 0.15) is 24.7 Å². The smallest absolute Gasteiger partial charge is 0.333 e. The maximum absolute atomic E-state index is 12.0. The van der Waals surface area contributed by atoms with Crippen LogP contribution in [0.15, 0.2) is 85.0 Å². The average molecular weight is 757 g/mol. The summed E-state index contributed by atoms with van der Waals surface area (Å²) in [6.45, 7) is 16.4. The Bertz CT molecular complexity index is 1650. The lowest BCUT2D eigenvalue weighted by molar-refractivity contribution is -0.244. The molecule has 1 saturated heterocycles. The van der Waals surface area contributed by atoms with E-state index >= 15 is 0 Å². The first-order valence-electron chi connectivity index (χ1n) is 20.2. The summed E-state index contributed by atoms with van der Waals surface area (Å²) in [4.78, 5) is 12.0. The summed E-state index contributed by atoms with van der Waals surface area (Å²) >= 11 is 0. The summed E-state index contributed by atoms with van der Waals surface area (Å²) in [6, 6.07) is 21.4. The van der Waals surface area contributed by atoms with Crippen molar-refractivity contribution in [2.45, 2.75) is 111 Å². The van der Waals surface area contributed by atoms with E-state index < -0.39 is 11.4 Å². The molecule has 1 aliphatic heterocycles. The Balaban J connectivity index is 1.54. The van der Waals surface area contributed by atoms with Gasteiger partial charge in [-0.15, -0.1) is 0 Å². The van der Waals surface area contributed by atoms with E-state index in [0.717, 1.165) is 65.7 Å². The van der Waals surface area contributed by atoms with E-state index in [2.05, 4.69) is 75.5 Å². The molecule has 1 aliphatic rings. The molecule has 300 valence electrons. The molecule has 0 saturated carbocycles. The molecule has 3 aromatic rings. The number of carbonyl (C=O) groups excluding carboxylic acids is 1. The van der Waals surface area contributed by atoms with Crippen LogP contribution in [0.1, 0.15) is 94.9 Å². The molecule has 2 atom stereocenters. The predicted molar refractivity (Wildman–Crippen MR) is 220 cm³/mol. The lowest BCUT2D eigenvalue weighted by Crippen LogP contribution is -2.40. The number of carbonyl (C=O) groups is 1. The lowest BCUT2D eigenvalue weighted by Gasteiger charge is -2.36. The molecular weight excluding hydrogens is 693 g/mol. The molecular formula is C47H64O8. The Hall–Kier alpha value is -3.95. The highest BCUT2D eigenvalue weighted by Gasteiger charge is 2.31. The Morgan fingerprint density at radius 3 is 2.09 bits per heavy atom. The van der Waals surface area contributed by atoms with Crippen molar-refractivity contribution in [3.63, 3.8) is 0 Å². The van der Waals surface area contributed by atoms with Gasteiger partial charge in [0.25, 0.3) is 0 Å². The highest BCUT2D eigenvalue weighted by molar-refractivity contribution is 5.86. The third-order valence-corrected chi connectivity index (χ3v) is 10.4. The van der Waals surface area contributed by atoms with Gasteiger partial charge in [-0.1, -0.05) is 94.3 Å². The van der Waals surface area contributed by atoms with Gasteiger partial charge in [0, 0.05) is 23.0 Å². The largest absolute Gasteiger partial charge is 0.493 e. The Kier molecular flexibility index (Phi) is 18.0. The molecule has 2 N–H and O–H groups in total. The minimum Gasteiger partial charge on any atom is -0.493 e. The fourth-order valence-corrected chi connectivity index (χ4v) is 6.78. The predicted octanol–water partition coefficient (Wildman–Crippen LogP) is 9.16. The van der Waals surface area contributed by atoms with Gasteiger partial charge in [-0.25, -0.2) is 4.79 Å². The number of esters is 1. The quantitative estimate of drug-likeness (QED) is 0.0362. The second-order valence-electron chi connectivity index (χ2n) is 15.1. The van der Waals surface area contributed by atoms with Gasteiger partial charge in [0.2, 0.25) is 0 Å². The van der Waals surface area contributed by atoms with Crippen molar-refractivity contribution in [3.05, 3.63) is 107 Å². The summed E-state index contributed by atoms with van der Waals surface area (Å²) in [6.07, 6.45) is 9.86. The Morgan fingerprint density at radius 2 is 1.44 bits per heavy atom. The molecule has 0 spiro atoms. The van der Waals surface area contributed by atoms with Crippen molar-refractivity contribution >= 4 is 5.97 Å². The van der Waals surface area contributed by atoms with Gasteiger partial charge in [0.15, 0.2) is 6.29 Å². The molecule has 0 amide bonds. The zero-order valence-electron chi connectivity index (χ0n) is 33.7. The summed E-state index contributed by atoms with van der Waals surface area (Å²) in [7, 11) is 0. The molecule has 0 aromatic heterocycles. The number of rotatable bonds is 26. The van der Waals surface area contributed by atoms with Crippen LogP contribution in [0.3, 0.4) is 0 Å². The van der Waals surface area contributed by atoms with Crippen LogP contribution < -0.4 is 9.47 Å². The Labute approximate surface area is 329 Å². The van der Waals surface area contributed by atoms with Crippen LogP contribution >= 0.6 is 0 Å². The van der Waals surface area contributed by atoms with E-state index in [0.29, 0.717) is 43.8 Å². The fourth-order valence-electron chi connectivity index (χ4n) is 6.78. The van der Waals surface area contributed by atoms with Crippen molar-refractivity contribution in [1.29, 1.82) is 0 Å². The molecule has 55 heavy (non-hydrogen) atoms. The van der Waals surface area contributed by atoms with Gasteiger partial charge >= 0.3 is 5.97 Å². The van der Waals surface area contributed by atoms with Crippen molar-refractivity contribution in [2.75, 3.05) is 39.6 Å². The van der Waals surface area contributed by atoms with Crippen LogP contribution in [0.5, 0.6) is 11.5 Å². The van der Waals surface area contributed by atoms with E-state index in [-0.39, 0.29) is 38.8 Å². The summed E-state index contributed by atoms with van der Waals surface area (Å²) in [5.74, 6) is 0.990. The molecule has 1 fully saturated rings. The standard InChI is InChI=1S/C47H64O8/c1-7-9-10-11-36-12-14-37(15-13-36)16-17-38-18-20-41(44(29-38)52-27-28-54-46(50)35(5)6)39-19-21-42(51-26-24-47(32-48,33-49)23-8-2)40(30-39)22-25-53-45-31-43(55-45)34(3)4/h12-15,18-21,29-30,43,45,48-49H,3,5,7-11,16-17,22-28,31-33H2,1-2,4,6H3. The maximum Gasteiger partial charge on any atom is 0.333 e. The number of aliphatic hydroxyl groups excluding tert-OH is 2. The molecule has 1 heterocycles. The van der Waals surface area contributed by atoms with Crippen molar-refractivity contribution in [1.82, 2.24) is 0 Å². The first-order valence-corrected chi connectivity index (χ1v) is 20.2. The number of ether oxygens (including phenoxy) is 5. The topological polar surface area (TPSA) is 104 Å². The number of aliphatic hydroxyl groups is 2. The molecule has 0 aliphatic carbocycles. The number of hydrogen-bond donors (Lipinski definition) is 2. The van der Waals surface area contributed by atoms with Gasteiger partial charge in [-0.2, -0.15) is 0 Å². The molecule has 8 heteroatoms. The van der Waals surface area contributed by atoms with Gasteiger partial charge in [-0.3, -0.25) is 0 Å². The first-order chi connectivity index (χ1) is 26.6. The molecule has 0 radical (unpaired) electrons. The Morgan fingerprint density at radius 1 is 0.764 bits per heavy atom. The first kappa shape index (κ1) is 43.8. The summed E-state index contributed by atoms with van der Waals surface area (Å²) < 4.78 is 29.9. The zero-order valence-corrected chi connectivity index (χ0v) is 33.7. The van der Waals surface area contributed by atoms with Gasteiger partial charge < -0.3 is 33.9 Å². The van der Waals surface area contributed by atoms with E-state index in [9.17, 15) is 15.0 Å². The lowest BCUT2D eigenvalue weighted by atomic mass is 9.82. The SMILES string of the molecule is C=C(C)C(=O)OCCOc1cc(CCc2ccc(CCCCC)cc2)ccc1-c1ccc(OCCC(CO)(CO)CCC)c(CCOC2CC(C(=C)C)O2)c1. The molecule has 8 nitrogen and oxygen atoms in total. The highest BCUT2D eigenvalue weighted by atomic mass is 16.7. The molecule has 3 aromatic carbocycles. The zero-order chi connectivity index (χ0) is 39.6. The second-order valence-corrected chi connectivity index (χ2v) is 15.1. The van der Waals surface area contributed by atoms with Gasteiger partial charge in [-0.05, 0) is 105 Å². The number of benzene rings is 3. The normalized spacial score (nSPS) is 15.3. The van der Waals surface area contributed by atoms with Crippen LogP contribution in [0, 0.1) is 5.41 Å². The number of unbranched alkanes of at least 4 members (excludes halogenated alkanes) is 2. The van der Waals surface area contributed by atoms with Gasteiger partial charge in [0.05, 0.1) is 32.5 Å². The average Bonchev–Trinajstić information content (AvgIpc) is 3.17. The van der Waals surface area contributed by atoms with Crippen molar-refractivity contribution in [2.24, 2.45) is 5.41 Å². The van der Waals surface area contributed by atoms with Crippen LogP contribution in [0.4, 0.5) is 0 Å². The van der Waals surface area contributed by atoms with E-state index in [4.69, 9.17) is 23.7 Å². The van der Waals surface area contributed by atoms with Crippen LogP contribution in [0.25, 0.3) is 11.1 Å². The van der Waals surface area contributed by atoms with Crippen molar-refractivity contribution in [3.8, 4) is 22.6 Å².